The molecule has 0 amide bonds. The van der Waals surface area contributed by atoms with E-state index in [1.54, 1.807) is 0 Å². The highest BCUT2D eigenvalue weighted by molar-refractivity contribution is 5.15. The Morgan fingerprint density at radius 2 is 1.89 bits per heavy atom. The largest absolute Gasteiger partial charge is 0.377 e. The Bertz CT molecular complexity index is 705. The summed E-state index contributed by atoms with van der Waals surface area (Å²) < 4.78 is 11.2. The minimum Gasteiger partial charge on any atom is -0.377 e. The van der Waals surface area contributed by atoms with Crippen LogP contribution in [0.25, 0.3) is 0 Å². The molecule has 2 aromatic rings. The van der Waals surface area contributed by atoms with Crippen molar-refractivity contribution in [3.05, 3.63) is 53.4 Å². The monoisotopic (exact) mass is 369 g/mol. The zero-order chi connectivity index (χ0) is 18.5. The van der Waals surface area contributed by atoms with E-state index in [4.69, 9.17) is 9.26 Å². The highest BCUT2D eigenvalue weighted by Crippen LogP contribution is 2.27. The summed E-state index contributed by atoms with van der Waals surface area (Å²) in [7, 11) is 2.11. The van der Waals surface area contributed by atoms with Crippen LogP contribution in [0.5, 0.6) is 0 Å². The summed E-state index contributed by atoms with van der Waals surface area (Å²) in [6.07, 6.45) is 7.53. The van der Waals surface area contributed by atoms with Gasteiger partial charge in [-0.15, -0.1) is 0 Å². The third-order valence-corrected chi connectivity index (χ3v) is 5.72. The second-order valence-electron chi connectivity index (χ2n) is 8.37. The SMILES string of the molecule is CN(Cc1ccccc1)Cc1cc(CC2(NC3CCCCC3)COC2)no1. The first-order valence-electron chi connectivity index (χ1n) is 10.2. The van der Waals surface area contributed by atoms with E-state index in [0.717, 1.165) is 44.2 Å². The van der Waals surface area contributed by atoms with E-state index in [2.05, 4.69) is 52.8 Å². The molecule has 1 saturated carbocycles. The van der Waals surface area contributed by atoms with Gasteiger partial charge in [-0.25, -0.2) is 0 Å². The van der Waals surface area contributed by atoms with Gasteiger partial charge in [-0.3, -0.25) is 4.90 Å². The molecule has 1 N–H and O–H groups in total. The smallest absolute Gasteiger partial charge is 0.150 e. The van der Waals surface area contributed by atoms with Crippen molar-refractivity contribution in [2.75, 3.05) is 20.3 Å². The number of rotatable bonds is 8. The number of aromatic nitrogens is 1. The predicted molar refractivity (Wildman–Crippen MR) is 105 cm³/mol. The Hall–Kier alpha value is -1.69. The molecule has 5 heteroatoms. The molecule has 0 radical (unpaired) electrons. The zero-order valence-electron chi connectivity index (χ0n) is 16.3. The van der Waals surface area contributed by atoms with Gasteiger partial charge in [-0.1, -0.05) is 54.8 Å². The summed E-state index contributed by atoms with van der Waals surface area (Å²) >= 11 is 0. The summed E-state index contributed by atoms with van der Waals surface area (Å²) in [6.45, 7) is 3.22. The molecule has 0 bridgehead atoms. The second-order valence-corrected chi connectivity index (χ2v) is 8.37. The van der Waals surface area contributed by atoms with Crippen LogP contribution in [-0.4, -0.2) is 41.9 Å². The molecule has 0 unspecified atom stereocenters. The molecule has 0 spiro atoms. The molecule has 0 atom stereocenters. The normalized spacial score (nSPS) is 19.9. The van der Waals surface area contributed by atoms with E-state index in [1.807, 2.05) is 6.07 Å². The second kappa shape index (κ2) is 8.55. The molecule has 2 heterocycles. The lowest BCUT2D eigenvalue weighted by Gasteiger charge is -2.45. The average molecular weight is 370 g/mol. The van der Waals surface area contributed by atoms with Crippen molar-refractivity contribution in [3.63, 3.8) is 0 Å². The van der Waals surface area contributed by atoms with Crippen molar-refractivity contribution in [1.82, 2.24) is 15.4 Å². The number of hydrogen-bond acceptors (Lipinski definition) is 5. The lowest BCUT2D eigenvalue weighted by Crippen LogP contribution is -2.64. The Balaban J connectivity index is 1.31. The highest BCUT2D eigenvalue weighted by Gasteiger charge is 2.41. The van der Waals surface area contributed by atoms with Gasteiger partial charge in [0.15, 0.2) is 5.76 Å². The molecule has 1 aliphatic heterocycles. The Labute approximate surface area is 162 Å². The van der Waals surface area contributed by atoms with Crippen LogP contribution in [0.15, 0.2) is 40.9 Å². The first-order valence-corrected chi connectivity index (χ1v) is 10.2. The molecular weight excluding hydrogens is 338 g/mol. The summed E-state index contributed by atoms with van der Waals surface area (Å²) in [5, 5.41) is 8.22. The van der Waals surface area contributed by atoms with Crippen molar-refractivity contribution in [1.29, 1.82) is 0 Å². The average Bonchev–Trinajstić information content (AvgIpc) is 3.08. The zero-order valence-corrected chi connectivity index (χ0v) is 16.3. The predicted octanol–water partition coefficient (Wildman–Crippen LogP) is 3.54. The molecule has 1 aromatic heterocycles. The Kier molecular flexibility index (Phi) is 5.91. The highest BCUT2D eigenvalue weighted by atomic mass is 16.5. The third kappa shape index (κ3) is 4.98. The van der Waals surface area contributed by atoms with Crippen LogP contribution in [0.1, 0.15) is 49.1 Å². The molecule has 1 saturated heterocycles. The molecule has 1 aromatic carbocycles. The standard InChI is InChI=1S/C22H31N3O2/c1-25(14-18-8-4-2-5-9-18)15-21-12-20(24-27-21)13-22(16-26-17-22)23-19-10-6-3-7-11-19/h2,4-5,8-9,12,19,23H,3,6-7,10-11,13-17H2,1H3. The minimum atomic E-state index is 0.0477. The first-order chi connectivity index (χ1) is 13.2. The maximum atomic E-state index is 5.62. The lowest BCUT2D eigenvalue weighted by molar-refractivity contribution is -0.0815. The van der Waals surface area contributed by atoms with Crippen LogP contribution in [0.4, 0.5) is 0 Å². The molecular formula is C22H31N3O2. The molecule has 146 valence electrons. The summed E-state index contributed by atoms with van der Waals surface area (Å²) in [5.41, 5.74) is 2.39. The van der Waals surface area contributed by atoms with Gasteiger partial charge in [-0.2, -0.15) is 0 Å². The van der Waals surface area contributed by atoms with Crippen molar-refractivity contribution >= 4 is 0 Å². The quantitative estimate of drug-likeness (QED) is 0.771. The van der Waals surface area contributed by atoms with E-state index in [9.17, 15) is 0 Å². The van der Waals surface area contributed by atoms with Crippen LogP contribution in [0, 0.1) is 0 Å². The van der Waals surface area contributed by atoms with Gasteiger partial charge in [0.1, 0.15) is 0 Å². The maximum absolute atomic E-state index is 5.62. The number of hydrogen-bond donors (Lipinski definition) is 1. The minimum absolute atomic E-state index is 0.0477. The van der Waals surface area contributed by atoms with Crippen LogP contribution in [-0.2, 0) is 24.2 Å². The van der Waals surface area contributed by atoms with E-state index in [1.165, 1.54) is 37.7 Å². The molecule has 2 fully saturated rings. The fourth-order valence-corrected chi connectivity index (χ4v) is 4.34. The Morgan fingerprint density at radius 3 is 2.59 bits per heavy atom. The number of benzene rings is 1. The molecule has 4 rings (SSSR count). The topological polar surface area (TPSA) is 50.5 Å². The van der Waals surface area contributed by atoms with Crippen molar-refractivity contribution in [2.45, 2.75) is 63.2 Å². The van der Waals surface area contributed by atoms with E-state index < -0.39 is 0 Å². The van der Waals surface area contributed by atoms with Crippen LogP contribution in [0.2, 0.25) is 0 Å². The molecule has 27 heavy (non-hydrogen) atoms. The van der Waals surface area contributed by atoms with Gasteiger partial charge in [-0.05, 0) is 25.5 Å². The van der Waals surface area contributed by atoms with Crippen LogP contribution >= 0.6 is 0 Å². The van der Waals surface area contributed by atoms with Crippen LogP contribution in [0.3, 0.4) is 0 Å². The number of ether oxygens (including phenoxy) is 1. The van der Waals surface area contributed by atoms with Crippen molar-refractivity contribution < 1.29 is 9.26 Å². The number of nitrogens with zero attached hydrogens (tertiary/aromatic N) is 2. The van der Waals surface area contributed by atoms with E-state index in [0.29, 0.717) is 6.04 Å². The van der Waals surface area contributed by atoms with Gasteiger partial charge in [0.2, 0.25) is 0 Å². The van der Waals surface area contributed by atoms with Crippen molar-refractivity contribution in [3.8, 4) is 0 Å². The van der Waals surface area contributed by atoms with E-state index >= 15 is 0 Å². The van der Waals surface area contributed by atoms with Gasteiger partial charge in [0.05, 0.1) is 31.0 Å². The molecule has 1 aliphatic carbocycles. The Morgan fingerprint density at radius 1 is 1.11 bits per heavy atom. The number of nitrogens with one attached hydrogen (secondary N) is 1. The summed E-state index contributed by atoms with van der Waals surface area (Å²) in [6, 6.07) is 13.3. The molecule has 5 nitrogen and oxygen atoms in total. The van der Waals surface area contributed by atoms with Gasteiger partial charge in [0, 0.05) is 25.1 Å². The van der Waals surface area contributed by atoms with Gasteiger partial charge >= 0.3 is 0 Å². The van der Waals surface area contributed by atoms with Gasteiger partial charge in [0.25, 0.3) is 0 Å². The van der Waals surface area contributed by atoms with Crippen molar-refractivity contribution in [2.24, 2.45) is 0 Å². The summed E-state index contributed by atoms with van der Waals surface area (Å²) in [5.74, 6) is 0.927. The first kappa shape index (κ1) is 18.7. The summed E-state index contributed by atoms with van der Waals surface area (Å²) in [4.78, 5) is 2.25. The third-order valence-electron chi connectivity index (χ3n) is 5.72. The van der Waals surface area contributed by atoms with E-state index in [-0.39, 0.29) is 5.54 Å². The fraction of sp³-hybridized carbons (Fsp3) is 0.591. The lowest BCUT2D eigenvalue weighted by atomic mass is 9.87. The maximum Gasteiger partial charge on any atom is 0.150 e. The van der Waals surface area contributed by atoms with Gasteiger partial charge < -0.3 is 14.6 Å². The fourth-order valence-electron chi connectivity index (χ4n) is 4.34. The van der Waals surface area contributed by atoms with Crippen LogP contribution < -0.4 is 5.32 Å². The molecule has 2 aliphatic rings.